The largest absolute Gasteiger partial charge is 0.366 e. The van der Waals surface area contributed by atoms with Crippen molar-refractivity contribution in [3.8, 4) is 0 Å². The highest BCUT2D eigenvalue weighted by atomic mass is 16.7. The first kappa shape index (κ1) is 23.5. The number of likely N-dealkylation sites (tertiary alicyclic amines) is 1. The number of piperidine rings is 1. The summed E-state index contributed by atoms with van der Waals surface area (Å²) in [4.78, 5) is 41.6. The Balaban J connectivity index is 1.23. The fraction of sp³-hybridized carbons (Fsp3) is 0.407. The van der Waals surface area contributed by atoms with Crippen LogP contribution >= 0.6 is 0 Å². The van der Waals surface area contributed by atoms with E-state index in [1.54, 1.807) is 12.1 Å². The number of piperazine rings is 1. The predicted octanol–water partition coefficient (Wildman–Crippen LogP) is 2.81. The summed E-state index contributed by atoms with van der Waals surface area (Å²) in [6.45, 7) is 5.36. The number of hydroxylamine groups is 1. The lowest BCUT2D eigenvalue weighted by atomic mass is 10.0. The number of H-pyrrole nitrogens is 1. The number of hydrogen-bond donors (Lipinski definition) is 2. The van der Waals surface area contributed by atoms with Gasteiger partial charge in [-0.25, -0.2) is 4.79 Å². The van der Waals surface area contributed by atoms with Gasteiger partial charge in [0, 0.05) is 43.9 Å². The maximum atomic E-state index is 13.6. The average Bonchev–Trinajstić information content (AvgIpc) is 3.38. The van der Waals surface area contributed by atoms with E-state index in [2.05, 4.69) is 27.3 Å². The third kappa shape index (κ3) is 5.40. The van der Waals surface area contributed by atoms with Gasteiger partial charge in [0.05, 0.1) is 5.56 Å². The van der Waals surface area contributed by atoms with Gasteiger partial charge in [0.15, 0.2) is 0 Å². The number of carbonyl (C=O) groups is 2. The van der Waals surface area contributed by atoms with E-state index in [-0.39, 0.29) is 5.91 Å². The predicted molar refractivity (Wildman–Crippen MR) is 135 cm³/mol. The standard InChI is InChI=1S/C27H33N5O3/c1-30-13-10-23(11-14-30)31-15-17-32(18-16-31)26(33)25(21-5-3-2-4-6-21)29-35-27(34)22-8-7-20-9-12-28-24(20)19-22/h2-9,12,19,23,25,28-29H,10-11,13-18H2,1H3. The Morgan fingerprint density at radius 1 is 0.971 bits per heavy atom. The Kier molecular flexibility index (Phi) is 7.13. The smallest absolute Gasteiger partial charge is 0.356 e. The molecule has 1 unspecified atom stereocenters. The van der Waals surface area contributed by atoms with Crippen LogP contribution in [0, 0.1) is 0 Å². The van der Waals surface area contributed by atoms with Crippen LogP contribution in [-0.2, 0) is 9.63 Å². The van der Waals surface area contributed by atoms with Crippen molar-refractivity contribution < 1.29 is 14.4 Å². The quantitative estimate of drug-likeness (QED) is 0.534. The molecule has 2 aromatic carbocycles. The molecule has 2 saturated heterocycles. The molecule has 2 aliphatic rings. The van der Waals surface area contributed by atoms with Crippen molar-refractivity contribution in [1.29, 1.82) is 0 Å². The summed E-state index contributed by atoms with van der Waals surface area (Å²) in [6.07, 6.45) is 4.19. The molecular formula is C27H33N5O3. The van der Waals surface area contributed by atoms with Crippen LogP contribution in [0.2, 0.25) is 0 Å². The number of carbonyl (C=O) groups excluding carboxylic acids is 2. The molecule has 8 nitrogen and oxygen atoms in total. The van der Waals surface area contributed by atoms with Crippen molar-refractivity contribution in [3.05, 3.63) is 71.9 Å². The van der Waals surface area contributed by atoms with Crippen LogP contribution in [0.15, 0.2) is 60.8 Å². The summed E-state index contributed by atoms with van der Waals surface area (Å²) in [5.74, 6) is -0.603. The second-order valence-electron chi connectivity index (χ2n) is 9.53. The zero-order valence-electron chi connectivity index (χ0n) is 20.2. The van der Waals surface area contributed by atoms with Gasteiger partial charge in [-0.05, 0) is 62.1 Å². The van der Waals surface area contributed by atoms with E-state index in [0.29, 0.717) is 24.7 Å². The Hall–Kier alpha value is -3.20. The molecule has 3 aromatic rings. The van der Waals surface area contributed by atoms with Crippen LogP contribution in [0.3, 0.4) is 0 Å². The van der Waals surface area contributed by atoms with E-state index in [1.165, 1.54) is 12.8 Å². The molecule has 0 spiro atoms. The summed E-state index contributed by atoms with van der Waals surface area (Å²) < 4.78 is 0. The Labute approximate surface area is 205 Å². The molecule has 0 radical (unpaired) electrons. The number of nitrogens with zero attached hydrogens (tertiary/aromatic N) is 3. The molecule has 2 N–H and O–H groups in total. The molecular weight excluding hydrogens is 442 g/mol. The SMILES string of the molecule is CN1CCC(N2CCN(C(=O)C(NOC(=O)c3ccc4cc[nH]c4c3)c3ccccc3)CC2)CC1. The van der Waals surface area contributed by atoms with Crippen molar-refractivity contribution >= 4 is 22.8 Å². The Bertz CT molecular complexity index is 1150. The number of nitrogens with one attached hydrogen (secondary N) is 2. The van der Waals surface area contributed by atoms with Gasteiger partial charge in [-0.1, -0.05) is 36.4 Å². The maximum absolute atomic E-state index is 13.6. The average molecular weight is 476 g/mol. The van der Waals surface area contributed by atoms with Crippen LogP contribution in [0.1, 0.15) is 34.8 Å². The molecule has 2 aliphatic heterocycles. The van der Waals surface area contributed by atoms with Gasteiger partial charge in [0.1, 0.15) is 6.04 Å². The van der Waals surface area contributed by atoms with Crippen LogP contribution < -0.4 is 5.48 Å². The normalized spacial score (nSPS) is 19.1. The third-order valence-corrected chi connectivity index (χ3v) is 7.27. The summed E-state index contributed by atoms with van der Waals surface area (Å²) >= 11 is 0. The second kappa shape index (κ2) is 10.6. The van der Waals surface area contributed by atoms with Gasteiger partial charge in [0.25, 0.3) is 0 Å². The molecule has 0 saturated carbocycles. The van der Waals surface area contributed by atoms with Crippen LogP contribution in [0.5, 0.6) is 0 Å². The molecule has 1 amide bonds. The topological polar surface area (TPSA) is 80.9 Å². The molecule has 1 aromatic heterocycles. The minimum atomic E-state index is -0.760. The first-order valence-corrected chi connectivity index (χ1v) is 12.4. The van der Waals surface area contributed by atoms with Gasteiger partial charge in [-0.3, -0.25) is 9.69 Å². The number of benzene rings is 2. The summed E-state index contributed by atoms with van der Waals surface area (Å²) in [7, 11) is 2.18. The van der Waals surface area contributed by atoms with Gasteiger partial charge in [0.2, 0.25) is 5.91 Å². The lowest BCUT2D eigenvalue weighted by Crippen LogP contribution is -2.55. The molecule has 1 atom stereocenters. The minimum absolute atomic E-state index is 0.0770. The van der Waals surface area contributed by atoms with Gasteiger partial charge < -0.3 is 19.6 Å². The monoisotopic (exact) mass is 475 g/mol. The number of rotatable bonds is 6. The number of amides is 1. The van der Waals surface area contributed by atoms with Crippen molar-refractivity contribution in [3.63, 3.8) is 0 Å². The van der Waals surface area contributed by atoms with E-state index in [1.807, 2.05) is 53.6 Å². The van der Waals surface area contributed by atoms with E-state index >= 15 is 0 Å². The molecule has 8 heteroatoms. The number of fused-ring (bicyclic) bond motifs is 1. The van der Waals surface area contributed by atoms with Crippen molar-refractivity contribution in [2.24, 2.45) is 0 Å². The van der Waals surface area contributed by atoms with Crippen LogP contribution in [-0.4, -0.2) is 83.9 Å². The first-order valence-electron chi connectivity index (χ1n) is 12.4. The minimum Gasteiger partial charge on any atom is -0.366 e. The molecule has 2 fully saturated rings. The fourth-order valence-corrected chi connectivity index (χ4v) is 5.10. The van der Waals surface area contributed by atoms with Crippen molar-refractivity contribution in [2.45, 2.75) is 24.9 Å². The van der Waals surface area contributed by atoms with Crippen molar-refractivity contribution in [2.75, 3.05) is 46.3 Å². The third-order valence-electron chi connectivity index (χ3n) is 7.27. The molecule has 0 bridgehead atoms. The molecule has 0 aliphatic carbocycles. The van der Waals surface area contributed by atoms with Gasteiger partial charge in [-0.15, -0.1) is 5.48 Å². The maximum Gasteiger partial charge on any atom is 0.356 e. The lowest BCUT2D eigenvalue weighted by Gasteiger charge is -2.42. The highest BCUT2D eigenvalue weighted by Gasteiger charge is 2.32. The summed E-state index contributed by atoms with van der Waals surface area (Å²) in [6, 6.07) is 16.6. The molecule has 5 rings (SSSR count). The number of aromatic nitrogens is 1. The van der Waals surface area contributed by atoms with Crippen LogP contribution in [0.4, 0.5) is 0 Å². The Morgan fingerprint density at radius 2 is 1.71 bits per heavy atom. The summed E-state index contributed by atoms with van der Waals surface area (Å²) in [5, 5.41) is 1.02. The molecule has 3 heterocycles. The molecule has 184 valence electrons. The Morgan fingerprint density at radius 3 is 2.46 bits per heavy atom. The highest BCUT2D eigenvalue weighted by Crippen LogP contribution is 2.21. The second-order valence-corrected chi connectivity index (χ2v) is 9.53. The summed E-state index contributed by atoms with van der Waals surface area (Å²) in [5.41, 5.74) is 4.82. The van der Waals surface area contributed by atoms with Gasteiger partial charge in [-0.2, -0.15) is 0 Å². The van der Waals surface area contributed by atoms with Crippen LogP contribution in [0.25, 0.3) is 10.9 Å². The fourth-order valence-electron chi connectivity index (χ4n) is 5.10. The number of aromatic amines is 1. The molecule has 35 heavy (non-hydrogen) atoms. The lowest BCUT2D eigenvalue weighted by molar-refractivity contribution is -0.138. The zero-order chi connectivity index (χ0) is 24.2. The van der Waals surface area contributed by atoms with E-state index in [9.17, 15) is 9.59 Å². The van der Waals surface area contributed by atoms with Crippen molar-refractivity contribution in [1.82, 2.24) is 25.2 Å². The highest BCUT2D eigenvalue weighted by molar-refractivity contribution is 5.94. The zero-order valence-corrected chi connectivity index (χ0v) is 20.2. The van der Waals surface area contributed by atoms with E-state index in [4.69, 9.17) is 4.84 Å². The van der Waals surface area contributed by atoms with E-state index < -0.39 is 12.0 Å². The first-order chi connectivity index (χ1) is 17.1. The number of hydrogen-bond acceptors (Lipinski definition) is 6. The van der Waals surface area contributed by atoms with E-state index in [0.717, 1.165) is 42.6 Å². The van der Waals surface area contributed by atoms with Gasteiger partial charge >= 0.3 is 5.97 Å².